The van der Waals surface area contributed by atoms with Gasteiger partial charge in [-0.15, -0.1) is 11.6 Å². The quantitative estimate of drug-likeness (QED) is 0.554. The Bertz CT molecular complexity index is 826. The van der Waals surface area contributed by atoms with E-state index in [4.69, 9.17) is 21.1 Å². The van der Waals surface area contributed by atoms with E-state index in [2.05, 4.69) is 0 Å². The number of nitrogens with zero attached hydrogens (tertiary/aromatic N) is 1. The Kier molecular flexibility index (Phi) is 5.43. The van der Waals surface area contributed by atoms with Crippen LogP contribution in [0, 0.1) is 11.7 Å². The Labute approximate surface area is 168 Å². The summed E-state index contributed by atoms with van der Waals surface area (Å²) >= 11 is 6.29. The molecule has 0 aromatic heterocycles. The van der Waals surface area contributed by atoms with Crippen LogP contribution in [0.15, 0.2) is 35.6 Å². The van der Waals surface area contributed by atoms with Crippen LogP contribution in [0.3, 0.4) is 0 Å². The minimum absolute atomic E-state index is 0.0854. The Hall–Kier alpha value is -1.92. The lowest BCUT2D eigenvalue weighted by Gasteiger charge is -2.37. The normalized spacial score (nSPS) is 29.6. The Morgan fingerprint density at radius 3 is 2.82 bits per heavy atom. The number of hydrogen-bond donors (Lipinski definition) is 0. The van der Waals surface area contributed by atoms with Crippen LogP contribution < -0.4 is 0 Å². The van der Waals surface area contributed by atoms with Crippen LogP contribution in [0.2, 0.25) is 0 Å². The van der Waals surface area contributed by atoms with E-state index in [1.165, 1.54) is 11.0 Å². The van der Waals surface area contributed by atoms with Gasteiger partial charge in [-0.1, -0.05) is 18.2 Å². The summed E-state index contributed by atoms with van der Waals surface area (Å²) < 4.78 is 25.8. The molecule has 1 fully saturated rings. The Morgan fingerprint density at radius 1 is 1.29 bits per heavy atom. The van der Waals surface area contributed by atoms with Gasteiger partial charge in [-0.05, 0) is 31.7 Å². The standard InChI is InChI=1S/C21H23ClFNO4/c1-27-10-4-9-24-18(13-5-2-3-6-15(13)23)17-19(25)14-11-12(22)7-8-16(14)28-20(17)21(24)26/h2-3,5-6,12,14,16,18H,4,7-11H2,1H3. The minimum Gasteiger partial charge on any atom is -0.483 e. The number of carbonyl (C=O) groups is 2. The number of methoxy groups -OCH3 is 1. The van der Waals surface area contributed by atoms with Gasteiger partial charge < -0.3 is 14.4 Å². The zero-order valence-electron chi connectivity index (χ0n) is 15.7. The highest BCUT2D eigenvalue weighted by Gasteiger charge is 2.52. The van der Waals surface area contributed by atoms with Gasteiger partial charge in [0.05, 0.1) is 17.5 Å². The summed E-state index contributed by atoms with van der Waals surface area (Å²) in [4.78, 5) is 28.0. The fourth-order valence-corrected chi connectivity index (χ4v) is 4.81. The molecule has 1 aliphatic carbocycles. The number of ether oxygens (including phenoxy) is 2. The third kappa shape index (κ3) is 3.22. The summed E-state index contributed by atoms with van der Waals surface area (Å²) in [6, 6.07) is 5.50. The first-order valence-corrected chi connectivity index (χ1v) is 10.1. The maximum atomic E-state index is 14.7. The smallest absolute Gasteiger partial charge is 0.290 e. The summed E-state index contributed by atoms with van der Waals surface area (Å²) in [5.74, 6) is -1.22. The van der Waals surface area contributed by atoms with Crippen LogP contribution in [-0.2, 0) is 19.1 Å². The van der Waals surface area contributed by atoms with Gasteiger partial charge in [0.15, 0.2) is 11.5 Å². The van der Waals surface area contributed by atoms with Crippen molar-refractivity contribution in [1.29, 1.82) is 0 Å². The van der Waals surface area contributed by atoms with Crippen molar-refractivity contribution in [1.82, 2.24) is 4.90 Å². The van der Waals surface area contributed by atoms with Gasteiger partial charge in [-0.25, -0.2) is 4.39 Å². The van der Waals surface area contributed by atoms with Gasteiger partial charge in [-0.2, -0.15) is 0 Å². The van der Waals surface area contributed by atoms with E-state index in [-0.39, 0.29) is 40.4 Å². The van der Waals surface area contributed by atoms with Crippen molar-refractivity contribution in [3.8, 4) is 0 Å². The zero-order valence-corrected chi connectivity index (χ0v) is 16.5. The van der Waals surface area contributed by atoms with Gasteiger partial charge in [0.2, 0.25) is 0 Å². The molecule has 28 heavy (non-hydrogen) atoms. The summed E-state index contributed by atoms with van der Waals surface area (Å²) in [5, 5.41) is -0.0854. The summed E-state index contributed by atoms with van der Waals surface area (Å²) in [5.41, 5.74) is 0.589. The van der Waals surface area contributed by atoms with Crippen LogP contribution in [-0.4, -0.2) is 48.3 Å². The second-order valence-electron chi connectivity index (χ2n) is 7.55. The molecule has 0 bridgehead atoms. The molecule has 2 heterocycles. The van der Waals surface area contributed by atoms with E-state index in [0.29, 0.717) is 38.0 Å². The van der Waals surface area contributed by atoms with Gasteiger partial charge in [-0.3, -0.25) is 9.59 Å². The molecular formula is C21H23ClFNO4. The molecule has 0 N–H and O–H groups in total. The zero-order chi connectivity index (χ0) is 19.8. The number of fused-ring (bicyclic) bond motifs is 1. The van der Waals surface area contributed by atoms with E-state index in [1.807, 2.05) is 0 Å². The van der Waals surface area contributed by atoms with Crippen LogP contribution in [0.1, 0.15) is 37.3 Å². The van der Waals surface area contributed by atoms with E-state index in [1.54, 1.807) is 25.3 Å². The molecule has 4 rings (SSSR count). The third-order valence-corrected chi connectivity index (χ3v) is 6.22. The number of amides is 1. The highest BCUT2D eigenvalue weighted by Crippen LogP contribution is 2.47. The lowest BCUT2D eigenvalue weighted by molar-refractivity contribution is -0.135. The average Bonchev–Trinajstić information content (AvgIpc) is 2.96. The number of benzene rings is 1. The Balaban J connectivity index is 1.75. The number of Topliss-reactive ketones (excluding diaryl/α,β-unsaturated/α-hetero) is 1. The largest absolute Gasteiger partial charge is 0.483 e. The number of ketones is 1. The van der Waals surface area contributed by atoms with E-state index >= 15 is 0 Å². The first kappa shape index (κ1) is 19.4. The van der Waals surface area contributed by atoms with E-state index < -0.39 is 11.9 Å². The molecule has 150 valence electrons. The molecule has 3 aliphatic rings. The van der Waals surface area contributed by atoms with Crippen LogP contribution >= 0.6 is 11.6 Å². The lowest BCUT2D eigenvalue weighted by atomic mass is 9.77. The van der Waals surface area contributed by atoms with Crippen molar-refractivity contribution in [2.75, 3.05) is 20.3 Å². The topological polar surface area (TPSA) is 55.8 Å². The fraction of sp³-hybridized carbons (Fsp3) is 0.524. The van der Waals surface area contributed by atoms with Gasteiger partial charge in [0.1, 0.15) is 11.9 Å². The molecule has 1 aromatic rings. The van der Waals surface area contributed by atoms with E-state index in [9.17, 15) is 14.0 Å². The molecule has 1 amide bonds. The molecule has 7 heteroatoms. The minimum atomic E-state index is -0.773. The molecule has 1 saturated carbocycles. The summed E-state index contributed by atoms with van der Waals surface area (Å²) in [7, 11) is 1.59. The highest BCUT2D eigenvalue weighted by molar-refractivity contribution is 6.21. The van der Waals surface area contributed by atoms with Crippen molar-refractivity contribution >= 4 is 23.3 Å². The van der Waals surface area contributed by atoms with Gasteiger partial charge in [0, 0.05) is 31.2 Å². The van der Waals surface area contributed by atoms with Crippen molar-refractivity contribution < 1.29 is 23.5 Å². The molecule has 2 aliphatic heterocycles. The predicted molar refractivity (Wildman–Crippen MR) is 101 cm³/mol. The van der Waals surface area contributed by atoms with Crippen molar-refractivity contribution in [2.45, 2.75) is 43.2 Å². The first-order chi connectivity index (χ1) is 13.5. The second-order valence-corrected chi connectivity index (χ2v) is 8.17. The van der Waals surface area contributed by atoms with Gasteiger partial charge in [0.25, 0.3) is 5.91 Å². The first-order valence-electron chi connectivity index (χ1n) is 9.66. The number of hydrogen-bond acceptors (Lipinski definition) is 4. The van der Waals surface area contributed by atoms with Crippen molar-refractivity contribution in [3.05, 3.63) is 47.0 Å². The molecule has 0 saturated heterocycles. The summed E-state index contributed by atoms with van der Waals surface area (Å²) in [6.45, 7) is 0.815. The third-order valence-electron chi connectivity index (χ3n) is 5.83. The molecule has 0 spiro atoms. The average molecular weight is 408 g/mol. The van der Waals surface area contributed by atoms with Crippen LogP contribution in [0.4, 0.5) is 4.39 Å². The maximum Gasteiger partial charge on any atom is 0.290 e. The molecule has 1 aromatic carbocycles. The molecule has 4 unspecified atom stereocenters. The second kappa shape index (κ2) is 7.84. The lowest BCUT2D eigenvalue weighted by Crippen LogP contribution is -2.42. The fourth-order valence-electron chi connectivity index (χ4n) is 4.49. The molecule has 0 radical (unpaired) electrons. The number of rotatable bonds is 5. The Morgan fingerprint density at radius 2 is 2.07 bits per heavy atom. The molecular weight excluding hydrogens is 385 g/mol. The van der Waals surface area contributed by atoms with E-state index in [0.717, 1.165) is 6.42 Å². The predicted octanol–water partition coefficient (Wildman–Crippen LogP) is 3.38. The SMILES string of the molecule is COCCCN1C(=O)C2=C(C(=O)C3CC(Cl)CCC3O2)C1c1ccccc1F. The van der Waals surface area contributed by atoms with Gasteiger partial charge >= 0.3 is 0 Å². The molecule has 4 atom stereocenters. The van der Waals surface area contributed by atoms with Crippen molar-refractivity contribution in [2.24, 2.45) is 5.92 Å². The van der Waals surface area contributed by atoms with Crippen molar-refractivity contribution in [3.63, 3.8) is 0 Å². The maximum absolute atomic E-state index is 14.7. The van der Waals surface area contributed by atoms with Crippen LogP contribution in [0.25, 0.3) is 0 Å². The number of carbonyl (C=O) groups excluding carboxylic acids is 2. The molecule has 5 nitrogen and oxygen atoms in total. The number of halogens is 2. The monoisotopic (exact) mass is 407 g/mol. The van der Waals surface area contributed by atoms with Crippen LogP contribution in [0.5, 0.6) is 0 Å². The number of alkyl halides is 1. The highest BCUT2D eigenvalue weighted by atomic mass is 35.5. The summed E-state index contributed by atoms with van der Waals surface area (Å²) in [6.07, 6.45) is 2.16.